The van der Waals surface area contributed by atoms with Crippen LogP contribution in [0.3, 0.4) is 0 Å². The molecule has 0 spiro atoms. The summed E-state index contributed by atoms with van der Waals surface area (Å²) in [5.74, 6) is 0. The third-order valence-corrected chi connectivity index (χ3v) is 4.44. The van der Waals surface area contributed by atoms with E-state index in [1.54, 1.807) is 6.07 Å². The minimum Gasteiger partial charge on any atom is -0.397 e. The maximum atomic E-state index is 6.16. The van der Waals surface area contributed by atoms with Crippen molar-refractivity contribution in [3.63, 3.8) is 0 Å². The summed E-state index contributed by atoms with van der Waals surface area (Å²) in [6.07, 6.45) is 3.43. The number of aryl methyl sites for hydroxylation is 1. The highest BCUT2D eigenvalue weighted by Crippen LogP contribution is 2.39. The molecule has 0 radical (unpaired) electrons. The average molecular weight is 307 g/mol. The number of nitrogens with zero attached hydrogens (tertiary/aromatic N) is 1. The molecule has 1 aliphatic heterocycles. The van der Waals surface area contributed by atoms with Gasteiger partial charge < -0.3 is 10.6 Å². The first-order valence-corrected chi connectivity index (χ1v) is 7.52. The van der Waals surface area contributed by atoms with E-state index in [1.165, 1.54) is 17.7 Å². The summed E-state index contributed by atoms with van der Waals surface area (Å²) in [6, 6.07) is 12.1. The van der Waals surface area contributed by atoms with Crippen LogP contribution in [-0.4, -0.2) is 6.54 Å². The highest BCUT2D eigenvalue weighted by Gasteiger charge is 2.19. The lowest BCUT2D eigenvalue weighted by Crippen LogP contribution is -2.19. The van der Waals surface area contributed by atoms with Crippen LogP contribution in [0.5, 0.6) is 0 Å². The van der Waals surface area contributed by atoms with Crippen LogP contribution >= 0.6 is 23.2 Å². The lowest BCUT2D eigenvalue weighted by atomic mass is 10.1. The highest BCUT2D eigenvalue weighted by molar-refractivity contribution is 6.42. The summed E-state index contributed by atoms with van der Waals surface area (Å²) >= 11 is 12.2. The number of hydrogen-bond donors (Lipinski definition) is 1. The fourth-order valence-corrected chi connectivity index (χ4v) is 3.06. The fraction of sp³-hybridized carbons (Fsp3) is 0.250. The predicted octanol–water partition coefficient (Wildman–Crippen LogP) is 5.05. The molecule has 0 fully saturated rings. The SMILES string of the molecule is Nc1cc(Cl)c(Cl)cc1N1CCCCc2ccccc21. The minimum absolute atomic E-state index is 0.496. The number of nitrogen functional groups attached to an aromatic ring is 1. The minimum atomic E-state index is 0.496. The molecule has 0 amide bonds. The molecule has 104 valence electrons. The van der Waals surface area contributed by atoms with E-state index in [9.17, 15) is 0 Å². The van der Waals surface area contributed by atoms with E-state index in [-0.39, 0.29) is 0 Å². The molecule has 3 rings (SSSR count). The third kappa shape index (κ3) is 2.46. The summed E-state index contributed by atoms with van der Waals surface area (Å²) in [5, 5.41) is 1.04. The zero-order valence-electron chi connectivity index (χ0n) is 11.1. The Morgan fingerprint density at radius 1 is 0.950 bits per heavy atom. The van der Waals surface area contributed by atoms with Crippen molar-refractivity contribution in [3.05, 3.63) is 52.0 Å². The van der Waals surface area contributed by atoms with Gasteiger partial charge in [-0.25, -0.2) is 0 Å². The van der Waals surface area contributed by atoms with Crippen LogP contribution < -0.4 is 10.6 Å². The van der Waals surface area contributed by atoms with Crippen molar-refractivity contribution < 1.29 is 0 Å². The van der Waals surface area contributed by atoms with Crippen LogP contribution in [0.25, 0.3) is 0 Å². The first-order chi connectivity index (χ1) is 9.66. The van der Waals surface area contributed by atoms with Gasteiger partial charge in [-0.2, -0.15) is 0 Å². The molecule has 0 aromatic heterocycles. The molecule has 20 heavy (non-hydrogen) atoms. The Morgan fingerprint density at radius 2 is 1.70 bits per heavy atom. The van der Waals surface area contributed by atoms with Gasteiger partial charge in [-0.1, -0.05) is 41.4 Å². The van der Waals surface area contributed by atoms with Gasteiger partial charge in [0, 0.05) is 12.2 Å². The number of hydrogen-bond acceptors (Lipinski definition) is 2. The van der Waals surface area contributed by atoms with E-state index in [4.69, 9.17) is 28.9 Å². The number of nitrogens with two attached hydrogens (primary N) is 1. The second-order valence-electron chi connectivity index (χ2n) is 5.06. The lowest BCUT2D eigenvalue weighted by molar-refractivity contribution is 0.761. The van der Waals surface area contributed by atoms with Crippen LogP contribution in [-0.2, 0) is 6.42 Å². The van der Waals surface area contributed by atoms with E-state index >= 15 is 0 Å². The zero-order valence-corrected chi connectivity index (χ0v) is 12.6. The maximum absolute atomic E-state index is 6.16. The van der Waals surface area contributed by atoms with Crippen molar-refractivity contribution in [2.24, 2.45) is 0 Å². The van der Waals surface area contributed by atoms with Gasteiger partial charge in [0.2, 0.25) is 0 Å². The Labute approximate surface area is 129 Å². The Kier molecular flexibility index (Phi) is 3.77. The molecule has 0 atom stereocenters. The highest BCUT2D eigenvalue weighted by atomic mass is 35.5. The van der Waals surface area contributed by atoms with Crippen LogP contribution in [0.1, 0.15) is 18.4 Å². The summed E-state index contributed by atoms with van der Waals surface area (Å²) in [5.41, 5.74) is 10.3. The van der Waals surface area contributed by atoms with Gasteiger partial charge in [-0.3, -0.25) is 0 Å². The molecule has 1 heterocycles. The molecule has 2 N–H and O–H groups in total. The molecule has 2 nitrogen and oxygen atoms in total. The number of fused-ring (bicyclic) bond motifs is 1. The molecule has 0 saturated heterocycles. The van der Waals surface area contributed by atoms with Gasteiger partial charge >= 0.3 is 0 Å². The Bertz CT molecular complexity index is 640. The molecule has 0 aliphatic carbocycles. The lowest BCUT2D eigenvalue weighted by Gasteiger charge is -2.26. The van der Waals surface area contributed by atoms with Crippen molar-refractivity contribution in [3.8, 4) is 0 Å². The third-order valence-electron chi connectivity index (χ3n) is 3.72. The second-order valence-corrected chi connectivity index (χ2v) is 5.88. The van der Waals surface area contributed by atoms with E-state index in [1.807, 2.05) is 6.07 Å². The standard InChI is InChI=1S/C16H16Cl2N2/c17-12-9-14(19)16(10-13(12)18)20-8-4-3-6-11-5-1-2-7-15(11)20/h1-2,5,7,9-10H,3-4,6,8,19H2. The molecule has 0 unspecified atom stereocenters. The van der Waals surface area contributed by atoms with Crippen LogP contribution in [0, 0.1) is 0 Å². The normalized spacial score (nSPS) is 14.8. The van der Waals surface area contributed by atoms with E-state index in [0.29, 0.717) is 15.7 Å². The molecule has 4 heteroatoms. The summed E-state index contributed by atoms with van der Waals surface area (Å²) < 4.78 is 0. The van der Waals surface area contributed by atoms with Gasteiger partial charge in [-0.05, 0) is 43.0 Å². The number of benzene rings is 2. The molecular formula is C16H16Cl2N2. The monoisotopic (exact) mass is 306 g/mol. The quantitative estimate of drug-likeness (QED) is 0.747. The first-order valence-electron chi connectivity index (χ1n) is 6.77. The van der Waals surface area contributed by atoms with Crippen molar-refractivity contribution in [2.75, 3.05) is 17.2 Å². The summed E-state index contributed by atoms with van der Waals surface area (Å²) in [6.45, 7) is 0.944. The number of anilines is 3. The van der Waals surface area contributed by atoms with Gasteiger partial charge in [-0.15, -0.1) is 0 Å². The summed E-state index contributed by atoms with van der Waals surface area (Å²) in [4.78, 5) is 2.25. The van der Waals surface area contributed by atoms with Crippen molar-refractivity contribution in [1.29, 1.82) is 0 Å². The van der Waals surface area contributed by atoms with Gasteiger partial charge in [0.1, 0.15) is 0 Å². The van der Waals surface area contributed by atoms with Gasteiger partial charge in [0.05, 0.1) is 21.4 Å². The van der Waals surface area contributed by atoms with Crippen LogP contribution in [0.2, 0.25) is 10.0 Å². The van der Waals surface area contributed by atoms with E-state index in [0.717, 1.165) is 25.1 Å². The molecule has 1 aliphatic rings. The van der Waals surface area contributed by atoms with Crippen LogP contribution in [0.15, 0.2) is 36.4 Å². The molecular weight excluding hydrogens is 291 g/mol. The summed E-state index contributed by atoms with van der Waals surface area (Å²) in [7, 11) is 0. The largest absolute Gasteiger partial charge is 0.397 e. The second kappa shape index (κ2) is 5.55. The Morgan fingerprint density at radius 3 is 2.55 bits per heavy atom. The smallest absolute Gasteiger partial charge is 0.0660 e. The first kappa shape index (κ1) is 13.6. The number of halogens is 2. The zero-order chi connectivity index (χ0) is 14.1. The van der Waals surface area contributed by atoms with E-state index in [2.05, 4.69) is 29.2 Å². The number of rotatable bonds is 1. The maximum Gasteiger partial charge on any atom is 0.0660 e. The van der Waals surface area contributed by atoms with Crippen molar-refractivity contribution >= 4 is 40.3 Å². The fourth-order valence-electron chi connectivity index (χ4n) is 2.73. The number of para-hydroxylation sites is 1. The Hall–Kier alpha value is -1.38. The average Bonchev–Trinajstić information content (AvgIpc) is 2.65. The molecule has 2 aromatic carbocycles. The van der Waals surface area contributed by atoms with Crippen LogP contribution in [0.4, 0.5) is 17.1 Å². The topological polar surface area (TPSA) is 29.3 Å². The van der Waals surface area contributed by atoms with E-state index < -0.39 is 0 Å². The van der Waals surface area contributed by atoms with Crippen molar-refractivity contribution in [2.45, 2.75) is 19.3 Å². The molecule has 0 saturated carbocycles. The van der Waals surface area contributed by atoms with Crippen molar-refractivity contribution in [1.82, 2.24) is 0 Å². The van der Waals surface area contributed by atoms with Gasteiger partial charge in [0.15, 0.2) is 0 Å². The van der Waals surface area contributed by atoms with Gasteiger partial charge in [0.25, 0.3) is 0 Å². The molecule has 0 bridgehead atoms. The predicted molar refractivity (Wildman–Crippen MR) is 87.3 cm³/mol. The Balaban J connectivity index is 2.12. The molecule has 2 aromatic rings.